The highest BCUT2D eigenvalue weighted by Gasteiger charge is 2.49. The minimum atomic E-state index is -0.773. The van der Waals surface area contributed by atoms with Crippen molar-refractivity contribution in [3.8, 4) is 46.0 Å². The molecule has 0 unspecified atom stereocenters. The van der Waals surface area contributed by atoms with Crippen LogP contribution >= 0.6 is 0 Å². The number of benzene rings is 4. The van der Waals surface area contributed by atoms with E-state index in [1.54, 1.807) is 0 Å². The number of hydrogen-bond donors (Lipinski definition) is 5. The highest BCUT2D eigenvalue weighted by atomic mass is 16.5. The molecule has 4 aromatic rings. The normalized spacial score (nSPS) is 33.1. The molecule has 8 bridgehead atoms. The zero-order chi connectivity index (χ0) is 57.2. The molecule has 5 N–H and O–H groups in total. The van der Waals surface area contributed by atoms with Crippen molar-refractivity contribution in [1.82, 2.24) is 0 Å². The van der Waals surface area contributed by atoms with Crippen LogP contribution in [0.25, 0.3) is 0 Å². The number of carboxylic acid groups (broad SMARTS) is 1. The fraction of sp³-hybridized carbons (Fsp3) is 0.653. The number of aryl methyl sites for hydroxylation is 4. The molecule has 0 amide bonds. The molecule has 16 rings (SSSR count). The number of hydrogen-bond acceptors (Lipinski definition) is 9. The van der Waals surface area contributed by atoms with Gasteiger partial charge in [-0.05, 0) is 276 Å². The van der Waals surface area contributed by atoms with E-state index in [2.05, 4.69) is 41.5 Å². The molecule has 0 aromatic heterocycles. The SMILES string of the molecule is CCC[C@@]1(C)CCc2cc(O)c3c(c2O1)[C@@H]1CC[C@H]3C1.CCC[C@@]1(C)CCc2cc(O)c3c(c2O1)[C@H]1CC[C@@H]3C1.CCC[C@]1(C)CCc2cc(O)c3c(c2O1)[C@@H]1CC[C@H]3C1.C[C@@]1(CCC(=O)O)CCc2cc(O)c3c(c2O1)[C@H]1CC[C@@H]3C1. The van der Waals surface area contributed by atoms with E-state index in [0.717, 1.165) is 130 Å². The average molecular weight is 1120 g/mol. The minimum absolute atomic E-state index is 0.00563. The van der Waals surface area contributed by atoms with Gasteiger partial charge in [0.05, 0.1) is 0 Å². The molecule has 0 spiro atoms. The standard InChI is InChI=1S/C18H22O4.3C18H24O2/c1-18(7-5-14(20)21)6-4-12-9-13(19)15-10-2-3-11(8-10)16(15)17(12)22-18;3*1-3-7-18(2)8-6-13-10-14(19)15-11-4-5-12(9-11)16(15)17(13)20-18/h9-11,19H,2-8H2,1H3,(H,20,21);3*10-12,19H,3-9H2,1-2H3/t10-,11+,18+;2*11-,12+,18+;11-,12+,18-/m1100/s1. The third-order valence-corrected chi connectivity index (χ3v) is 22.9. The van der Waals surface area contributed by atoms with E-state index in [1.807, 2.05) is 31.2 Å². The quantitative estimate of drug-likeness (QED) is 0.109. The molecular weight excluding hydrogens is 1020 g/mol. The molecule has 12 atom stereocenters. The number of carbonyl (C=O) groups is 1. The Bertz CT molecular complexity index is 2930. The molecule has 0 radical (unpaired) electrons. The van der Waals surface area contributed by atoms with Crippen molar-refractivity contribution in [1.29, 1.82) is 0 Å². The molecule has 442 valence electrons. The van der Waals surface area contributed by atoms with Crippen LogP contribution in [0, 0.1) is 0 Å². The highest BCUT2D eigenvalue weighted by Crippen LogP contribution is 2.65. The summed E-state index contributed by atoms with van der Waals surface area (Å²) in [5.41, 5.74) is 14.5. The van der Waals surface area contributed by atoms with Crippen LogP contribution in [0.2, 0.25) is 0 Å². The van der Waals surface area contributed by atoms with Gasteiger partial charge >= 0.3 is 5.97 Å². The number of phenolic OH excluding ortho intramolecular Hbond substituents is 4. The summed E-state index contributed by atoms with van der Waals surface area (Å²) in [5, 5.41) is 50.5. The predicted octanol–water partition coefficient (Wildman–Crippen LogP) is 17.6. The fourth-order valence-corrected chi connectivity index (χ4v) is 19.0. The van der Waals surface area contributed by atoms with E-state index in [4.69, 9.17) is 24.1 Å². The van der Waals surface area contributed by atoms with E-state index < -0.39 is 11.6 Å². The average Bonchev–Trinajstić information content (AvgIpc) is 4.42. The summed E-state index contributed by atoms with van der Waals surface area (Å²) in [6.07, 6.45) is 30.3. The van der Waals surface area contributed by atoms with Gasteiger partial charge in [0.2, 0.25) is 0 Å². The maximum absolute atomic E-state index is 10.9. The minimum Gasteiger partial charge on any atom is -0.508 e. The Morgan fingerprint density at radius 2 is 0.610 bits per heavy atom. The highest BCUT2D eigenvalue weighted by molar-refractivity contribution is 5.67. The van der Waals surface area contributed by atoms with E-state index in [1.165, 1.54) is 126 Å². The second-order valence-corrected chi connectivity index (χ2v) is 29.0. The third-order valence-electron chi connectivity index (χ3n) is 22.9. The largest absolute Gasteiger partial charge is 0.508 e. The molecule has 4 saturated carbocycles. The third kappa shape index (κ3) is 9.70. The van der Waals surface area contributed by atoms with Crippen LogP contribution in [0.4, 0.5) is 0 Å². The lowest BCUT2D eigenvalue weighted by molar-refractivity contribution is -0.138. The van der Waals surface area contributed by atoms with Gasteiger partial charge in [0, 0.05) is 50.9 Å². The Morgan fingerprint density at radius 1 is 0.390 bits per heavy atom. The van der Waals surface area contributed by atoms with E-state index >= 15 is 0 Å². The van der Waals surface area contributed by atoms with E-state index in [0.29, 0.717) is 76.8 Å². The Hall–Kier alpha value is -5.25. The molecule has 82 heavy (non-hydrogen) atoms. The first-order chi connectivity index (χ1) is 39.3. The van der Waals surface area contributed by atoms with Gasteiger partial charge in [0.1, 0.15) is 68.4 Å². The van der Waals surface area contributed by atoms with E-state index in [9.17, 15) is 25.2 Å². The van der Waals surface area contributed by atoms with Crippen molar-refractivity contribution >= 4 is 5.97 Å². The molecule has 8 aliphatic carbocycles. The van der Waals surface area contributed by atoms with Crippen molar-refractivity contribution in [2.24, 2.45) is 0 Å². The van der Waals surface area contributed by atoms with Gasteiger partial charge in [-0.15, -0.1) is 0 Å². The van der Waals surface area contributed by atoms with Crippen LogP contribution in [0.15, 0.2) is 24.3 Å². The maximum Gasteiger partial charge on any atom is 0.303 e. The van der Waals surface area contributed by atoms with Crippen LogP contribution in [0.1, 0.15) is 317 Å². The van der Waals surface area contributed by atoms with Crippen molar-refractivity contribution in [2.45, 2.75) is 298 Å². The first kappa shape index (κ1) is 55.9. The molecule has 4 aliphatic heterocycles. The summed E-state index contributed by atoms with van der Waals surface area (Å²) in [6.45, 7) is 15.5. The predicted molar refractivity (Wildman–Crippen MR) is 321 cm³/mol. The molecule has 12 aliphatic rings. The number of fused-ring (bicyclic) bond motifs is 28. The van der Waals surface area contributed by atoms with Gasteiger partial charge in [-0.3, -0.25) is 4.79 Å². The second kappa shape index (κ2) is 21.1. The Labute approximate surface area is 488 Å². The number of aromatic hydroxyl groups is 4. The summed E-state index contributed by atoms with van der Waals surface area (Å²) in [7, 11) is 0. The van der Waals surface area contributed by atoms with Gasteiger partial charge in [0.15, 0.2) is 0 Å². The molecule has 4 fully saturated rings. The summed E-state index contributed by atoms with van der Waals surface area (Å²) in [5.74, 6) is 10.4. The van der Waals surface area contributed by atoms with Crippen molar-refractivity contribution < 1.29 is 49.3 Å². The maximum atomic E-state index is 10.9. The van der Waals surface area contributed by atoms with Gasteiger partial charge < -0.3 is 44.5 Å². The molecular formula is C72H94O10. The first-order valence-corrected chi connectivity index (χ1v) is 32.8. The van der Waals surface area contributed by atoms with Crippen molar-refractivity contribution in [3.05, 3.63) is 91.0 Å². The van der Waals surface area contributed by atoms with Gasteiger partial charge in [-0.25, -0.2) is 0 Å². The lowest BCUT2D eigenvalue weighted by Gasteiger charge is -2.38. The van der Waals surface area contributed by atoms with Crippen LogP contribution in [0.3, 0.4) is 0 Å². The summed E-state index contributed by atoms with van der Waals surface area (Å²) >= 11 is 0. The number of phenols is 4. The van der Waals surface area contributed by atoms with Crippen LogP contribution in [-0.4, -0.2) is 53.9 Å². The monoisotopic (exact) mass is 1120 g/mol. The lowest BCUT2D eigenvalue weighted by Crippen LogP contribution is -2.37. The summed E-state index contributed by atoms with van der Waals surface area (Å²) in [4.78, 5) is 10.9. The number of ether oxygens (including phenoxy) is 4. The molecule has 10 nitrogen and oxygen atoms in total. The fourth-order valence-electron chi connectivity index (χ4n) is 19.0. The van der Waals surface area contributed by atoms with Crippen molar-refractivity contribution in [3.63, 3.8) is 0 Å². The molecule has 4 aromatic carbocycles. The molecule has 4 heterocycles. The van der Waals surface area contributed by atoms with Gasteiger partial charge in [0.25, 0.3) is 0 Å². The lowest BCUT2D eigenvalue weighted by atomic mass is 9.83. The van der Waals surface area contributed by atoms with Crippen LogP contribution in [0.5, 0.6) is 46.0 Å². The van der Waals surface area contributed by atoms with Crippen molar-refractivity contribution in [2.75, 3.05) is 0 Å². The molecule has 0 saturated heterocycles. The van der Waals surface area contributed by atoms with Crippen LogP contribution < -0.4 is 18.9 Å². The summed E-state index contributed by atoms with van der Waals surface area (Å²) < 4.78 is 25.8. The van der Waals surface area contributed by atoms with Gasteiger partial charge in [-0.2, -0.15) is 0 Å². The number of rotatable bonds is 9. The topological polar surface area (TPSA) is 155 Å². The van der Waals surface area contributed by atoms with Crippen LogP contribution in [-0.2, 0) is 30.5 Å². The smallest absolute Gasteiger partial charge is 0.303 e. The second-order valence-electron chi connectivity index (χ2n) is 29.0. The first-order valence-electron chi connectivity index (χ1n) is 32.8. The zero-order valence-corrected chi connectivity index (χ0v) is 50.5. The van der Waals surface area contributed by atoms with E-state index in [-0.39, 0.29) is 23.2 Å². The Balaban J connectivity index is 0.000000103. The molecule has 10 heteroatoms. The summed E-state index contributed by atoms with van der Waals surface area (Å²) in [6, 6.07) is 7.84. The number of carboxylic acids is 1. The van der Waals surface area contributed by atoms with Gasteiger partial charge in [-0.1, -0.05) is 40.0 Å². The zero-order valence-electron chi connectivity index (χ0n) is 50.5. The Kier molecular flexibility index (Phi) is 14.4. The Morgan fingerprint density at radius 3 is 0.829 bits per heavy atom. The number of aliphatic carboxylic acids is 1.